The number of halogens is 2. The highest BCUT2D eigenvalue weighted by Crippen LogP contribution is 2.31. The number of fused-ring (bicyclic) bond motifs is 1. The zero-order chi connectivity index (χ0) is 17.4. The van der Waals surface area contributed by atoms with Crippen LogP contribution < -0.4 is 10.2 Å². The fourth-order valence-corrected chi connectivity index (χ4v) is 3.72. The van der Waals surface area contributed by atoms with E-state index in [0.717, 1.165) is 30.7 Å². The van der Waals surface area contributed by atoms with E-state index in [-0.39, 0.29) is 0 Å². The average molecular weight is 372 g/mol. The average Bonchev–Trinajstić information content (AvgIpc) is 3.08. The molecule has 1 aromatic heterocycles. The van der Waals surface area contributed by atoms with Crippen molar-refractivity contribution in [1.29, 1.82) is 0 Å². The van der Waals surface area contributed by atoms with Crippen molar-refractivity contribution < 1.29 is 0 Å². The minimum absolute atomic E-state index is 0.388. The van der Waals surface area contributed by atoms with Crippen LogP contribution >= 0.6 is 23.2 Å². The van der Waals surface area contributed by atoms with Crippen LogP contribution in [0.4, 0.5) is 11.4 Å². The van der Waals surface area contributed by atoms with Crippen molar-refractivity contribution in [2.75, 3.05) is 23.3 Å². The van der Waals surface area contributed by atoms with Gasteiger partial charge in [0.1, 0.15) is 0 Å². The highest BCUT2D eigenvalue weighted by molar-refractivity contribution is 6.42. The van der Waals surface area contributed by atoms with Crippen LogP contribution in [0.1, 0.15) is 12.0 Å². The normalized spacial score (nSPS) is 17.2. The van der Waals surface area contributed by atoms with Gasteiger partial charge in [-0.1, -0.05) is 41.4 Å². The Kier molecular flexibility index (Phi) is 4.45. The summed E-state index contributed by atoms with van der Waals surface area (Å²) in [4.78, 5) is 6.86. The van der Waals surface area contributed by atoms with E-state index >= 15 is 0 Å². The molecule has 1 aliphatic heterocycles. The van der Waals surface area contributed by atoms with Crippen LogP contribution in [0.5, 0.6) is 0 Å². The molecule has 1 saturated heterocycles. The second kappa shape index (κ2) is 6.74. The lowest BCUT2D eigenvalue weighted by atomic mass is 10.1. The molecule has 0 spiro atoms. The van der Waals surface area contributed by atoms with Crippen LogP contribution in [-0.4, -0.2) is 24.1 Å². The van der Waals surface area contributed by atoms with Crippen LogP contribution in [0.25, 0.3) is 10.9 Å². The van der Waals surface area contributed by atoms with Gasteiger partial charge in [-0.2, -0.15) is 0 Å². The Labute approximate surface area is 157 Å². The number of anilines is 2. The van der Waals surface area contributed by atoms with Gasteiger partial charge < -0.3 is 10.2 Å². The lowest BCUT2D eigenvalue weighted by molar-refractivity contribution is 0.807. The maximum atomic E-state index is 6.16. The Bertz CT molecular complexity index is 926. The number of aryl methyl sites for hydroxylation is 1. The maximum Gasteiger partial charge on any atom is 0.0722 e. The molecule has 128 valence electrons. The molecule has 0 amide bonds. The summed E-state index contributed by atoms with van der Waals surface area (Å²) in [5.41, 5.74) is 4.50. The molecule has 1 fully saturated rings. The van der Waals surface area contributed by atoms with Gasteiger partial charge in [-0.15, -0.1) is 0 Å². The molecule has 2 heterocycles. The molecule has 2 aromatic carbocycles. The van der Waals surface area contributed by atoms with Crippen molar-refractivity contribution >= 4 is 45.5 Å². The number of rotatable bonds is 3. The first-order chi connectivity index (χ1) is 12.1. The van der Waals surface area contributed by atoms with Crippen LogP contribution in [0, 0.1) is 6.92 Å². The molecule has 1 unspecified atom stereocenters. The number of hydrogen-bond acceptors (Lipinski definition) is 3. The minimum Gasteiger partial charge on any atom is -0.380 e. The summed E-state index contributed by atoms with van der Waals surface area (Å²) in [6.07, 6.45) is 3.02. The second-order valence-corrected chi connectivity index (χ2v) is 7.32. The predicted molar refractivity (Wildman–Crippen MR) is 107 cm³/mol. The van der Waals surface area contributed by atoms with E-state index < -0.39 is 0 Å². The lowest BCUT2D eigenvalue weighted by Crippen LogP contribution is -2.26. The third-order valence-electron chi connectivity index (χ3n) is 4.77. The van der Waals surface area contributed by atoms with Gasteiger partial charge >= 0.3 is 0 Å². The number of benzene rings is 2. The Balaban J connectivity index is 1.55. The van der Waals surface area contributed by atoms with Crippen molar-refractivity contribution in [3.05, 3.63) is 64.3 Å². The number of nitrogens with zero attached hydrogens (tertiary/aromatic N) is 2. The fraction of sp³-hybridized carbons (Fsp3) is 0.250. The number of aromatic nitrogens is 1. The monoisotopic (exact) mass is 371 g/mol. The number of para-hydroxylation sites is 1. The topological polar surface area (TPSA) is 28.2 Å². The third-order valence-corrected chi connectivity index (χ3v) is 5.51. The first-order valence-electron chi connectivity index (χ1n) is 8.43. The van der Waals surface area contributed by atoms with Gasteiger partial charge in [0.15, 0.2) is 0 Å². The highest BCUT2D eigenvalue weighted by atomic mass is 35.5. The minimum atomic E-state index is 0.388. The number of nitrogens with one attached hydrogen (secondary N) is 1. The molecule has 5 heteroatoms. The molecular formula is C20H19Cl2N3. The quantitative estimate of drug-likeness (QED) is 0.654. The molecule has 3 nitrogen and oxygen atoms in total. The first-order valence-corrected chi connectivity index (χ1v) is 9.18. The number of pyridine rings is 1. The Morgan fingerprint density at radius 1 is 1.12 bits per heavy atom. The summed E-state index contributed by atoms with van der Waals surface area (Å²) in [5, 5.41) is 6.11. The summed E-state index contributed by atoms with van der Waals surface area (Å²) >= 11 is 12.2. The van der Waals surface area contributed by atoms with Crippen LogP contribution in [0.3, 0.4) is 0 Å². The molecular weight excluding hydrogens is 353 g/mol. The molecule has 4 rings (SSSR count). The molecule has 3 aromatic rings. The van der Waals surface area contributed by atoms with Crippen molar-refractivity contribution in [3.8, 4) is 0 Å². The lowest BCUT2D eigenvalue weighted by Gasteiger charge is -2.21. The molecule has 1 atom stereocenters. The third kappa shape index (κ3) is 3.26. The van der Waals surface area contributed by atoms with Crippen molar-refractivity contribution in [2.45, 2.75) is 19.4 Å². The molecule has 0 bridgehead atoms. The van der Waals surface area contributed by atoms with E-state index in [4.69, 9.17) is 23.2 Å². The van der Waals surface area contributed by atoms with E-state index in [9.17, 15) is 0 Å². The summed E-state index contributed by atoms with van der Waals surface area (Å²) in [5.74, 6) is 0. The SMILES string of the molecule is Cc1cnc2ccccc2c1NC1CCN(c2ccc(Cl)c(Cl)c2)C1. The predicted octanol–water partition coefficient (Wildman–Crippen LogP) is 5.54. The number of hydrogen-bond donors (Lipinski definition) is 1. The highest BCUT2D eigenvalue weighted by Gasteiger charge is 2.24. The Morgan fingerprint density at radius 3 is 2.80 bits per heavy atom. The maximum absolute atomic E-state index is 6.16. The molecule has 0 aliphatic carbocycles. The van der Waals surface area contributed by atoms with E-state index in [0.29, 0.717) is 16.1 Å². The van der Waals surface area contributed by atoms with Crippen molar-refractivity contribution in [3.63, 3.8) is 0 Å². The Hall–Kier alpha value is -1.97. The standard InChI is InChI=1S/C20H19Cl2N3/c1-13-11-23-19-5-3-2-4-16(19)20(13)24-14-8-9-25(12-14)15-6-7-17(21)18(22)10-15/h2-7,10-11,14H,8-9,12H2,1H3,(H,23,24). The van der Waals surface area contributed by atoms with E-state index in [1.807, 2.05) is 30.5 Å². The van der Waals surface area contributed by atoms with Gasteiger partial charge in [0.25, 0.3) is 0 Å². The summed E-state index contributed by atoms with van der Waals surface area (Å²) in [6, 6.07) is 14.5. The van der Waals surface area contributed by atoms with Gasteiger partial charge in [-0.05, 0) is 43.2 Å². The summed E-state index contributed by atoms with van der Waals surface area (Å²) in [6.45, 7) is 4.04. The van der Waals surface area contributed by atoms with Gasteiger partial charge in [0, 0.05) is 42.1 Å². The van der Waals surface area contributed by atoms with Crippen molar-refractivity contribution in [2.24, 2.45) is 0 Å². The molecule has 1 N–H and O–H groups in total. The van der Waals surface area contributed by atoms with Crippen molar-refractivity contribution in [1.82, 2.24) is 4.98 Å². The van der Waals surface area contributed by atoms with E-state index in [2.05, 4.69) is 40.3 Å². The van der Waals surface area contributed by atoms with Gasteiger partial charge in [0.2, 0.25) is 0 Å². The van der Waals surface area contributed by atoms with E-state index in [1.165, 1.54) is 16.6 Å². The molecule has 0 saturated carbocycles. The zero-order valence-corrected chi connectivity index (χ0v) is 15.5. The van der Waals surface area contributed by atoms with Crippen LogP contribution in [0.15, 0.2) is 48.7 Å². The van der Waals surface area contributed by atoms with Gasteiger partial charge in [-0.3, -0.25) is 4.98 Å². The zero-order valence-electron chi connectivity index (χ0n) is 14.0. The van der Waals surface area contributed by atoms with Gasteiger partial charge in [0.05, 0.1) is 15.6 Å². The molecule has 1 aliphatic rings. The molecule has 0 radical (unpaired) electrons. The van der Waals surface area contributed by atoms with Crippen LogP contribution in [-0.2, 0) is 0 Å². The fourth-order valence-electron chi connectivity index (χ4n) is 3.43. The largest absolute Gasteiger partial charge is 0.380 e. The second-order valence-electron chi connectivity index (χ2n) is 6.51. The Morgan fingerprint density at radius 2 is 1.96 bits per heavy atom. The summed E-state index contributed by atoms with van der Waals surface area (Å²) < 4.78 is 0. The van der Waals surface area contributed by atoms with Gasteiger partial charge in [-0.25, -0.2) is 0 Å². The summed E-state index contributed by atoms with van der Waals surface area (Å²) in [7, 11) is 0. The van der Waals surface area contributed by atoms with Crippen LogP contribution in [0.2, 0.25) is 10.0 Å². The molecule has 25 heavy (non-hydrogen) atoms. The first kappa shape index (κ1) is 16.5. The van der Waals surface area contributed by atoms with E-state index in [1.54, 1.807) is 0 Å². The smallest absolute Gasteiger partial charge is 0.0722 e.